The first-order chi connectivity index (χ1) is 15.7. The quantitative estimate of drug-likeness (QED) is 0.451. The number of nitrogens with zero attached hydrogens (tertiary/aromatic N) is 4. The molecule has 1 unspecified atom stereocenters. The first-order valence-corrected chi connectivity index (χ1v) is 11.0. The predicted octanol–water partition coefficient (Wildman–Crippen LogP) is 4.33. The molecule has 2 aliphatic rings. The molecule has 6 rings (SSSR count). The largest absolute Gasteiger partial charge is 0.493 e. The number of ether oxygens (including phenoxy) is 1. The number of aromatic amines is 1. The Hall–Kier alpha value is -3.45. The minimum Gasteiger partial charge on any atom is -0.493 e. The molecule has 1 atom stereocenters. The summed E-state index contributed by atoms with van der Waals surface area (Å²) in [6, 6.07) is 15.7. The number of H-pyrrole nitrogens is 1. The van der Waals surface area contributed by atoms with E-state index in [4.69, 9.17) is 4.74 Å². The molecule has 0 radical (unpaired) electrons. The first-order valence-electron chi connectivity index (χ1n) is 11.0. The summed E-state index contributed by atoms with van der Waals surface area (Å²) < 4.78 is 21.1. The van der Waals surface area contributed by atoms with Gasteiger partial charge in [0, 0.05) is 42.3 Å². The van der Waals surface area contributed by atoms with Crippen molar-refractivity contribution in [3.8, 4) is 28.3 Å². The standard InChI is InChI=1S/C25H24FN5O/c1-30-9-10-31-15-18(30)8-11-32-23-7-3-6-20(26)24(23)21-13-19-22(14-27-21)28-29-25(19)16-4-2-5-17(31)12-16/h2-7,12-14,18H,8-11,15H2,1H3,(H,28,29). The van der Waals surface area contributed by atoms with Crippen LogP contribution >= 0.6 is 0 Å². The predicted molar refractivity (Wildman–Crippen MR) is 123 cm³/mol. The summed E-state index contributed by atoms with van der Waals surface area (Å²) in [6.45, 7) is 3.39. The second kappa shape index (κ2) is 7.60. The smallest absolute Gasteiger partial charge is 0.136 e. The van der Waals surface area contributed by atoms with E-state index in [0.717, 1.165) is 48.2 Å². The molecule has 162 valence electrons. The zero-order valence-corrected chi connectivity index (χ0v) is 17.9. The molecule has 4 heterocycles. The lowest BCUT2D eigenvalue weighted by Gasteiger charge is -2.40. The monoisotopic (exact) mass is 429 g/mol. The van der Waals surface area contributed by atoms with Crippen molar-refractivity contribution in [1.29, 1.82) is 0 Å². The number of hydrogen-bond donors (Lipinski definition) is 1. The number of nitrogens with one attached hydrogen (secondary N) is 1. The fraction of sp³-hybridized carbons (Fsp3) is 0.280. The summed E-state index contributed by atoms with van der Waals surface area (Å²) in [4.78, 5) is 9.34. The fourth-order valence-electron chi connectivity index (χ4n) is 4.79. The lowest BCUT2D eigenvalue weighted by atomic mass is 10.0. The van der Waals surface area contributed by atoms with Crippen LogP contribution in [-0.2, 0) is 0 Å². The van der Waals surface area contributed by atoms with Crippen molar-refractivity contribution >= 4 is 16.6 Å². The third-order valence-corrected chi connectivity index (χ3v) is 6.65. The van der Waals surface area contributed by atoms with Gasteiger partial charge in [0.05, 0.1) is 29.6 Å². The van der Waals surface area contributed by atoms with Crippen molar-refractivity contribution in [2.45, 2.75) is 12.5 Å². The van der Waals surface area contributed by atoms with Crippen molar-refractivity contribution in [2.75, 3.05) is 38.2 Å². The molecule has 32 heavy (non-hydrogen) atoms. The van der Waals surface area contributed by atoms with Gasteiger partial charge >= 0.3 is 0 Å². The van der Waals surface area contributed by atoms with Crippen molar-refractivity contribution in [2.24, 2.45) is 0 Å². The third-order valence-electron chi connectivity index (χ3n) is 6.65. The molecule has 0 aliphatic carbocycles. The van der Waals surface area contributed by atoms with Crippen molar-refractivity contribution in [3.63, 3.8) is 0 Å². The number of rotatable bonds is 0. The van der Waals surface area contributed by atoms with E-state index in [2.05, 4.69) is 56.3 Å². The van der Waals surface area contributed by atoms with Crippen LogP contribution in [-0.4, -0.2) is 59.4 Å². The number of benzene rings is 2. The molecular formula is C25H24FN5O. The molecule has 1 saturated heterocycles. The van der Waals surface area contributed by atoms with E-state index in [1.54, 1.807) is 12.3 Å². The molecule has 0 spiro atoms. The molecule has 2 aromatic heterocycles. The minimum atomic E-state index is -0.341. The highest BCUT2D eigenvalue weighted by molar-refractivity contribution is 5.95. The Balaban J connectivity index is 1.56. The Labute approximate surface area is 185 Å². The molecule has 1 N–H and O–H groups in total. The molecule has 0 saturated carbocycles. The van der Waals surface area contributed by atoms with Gasteiger partial charge in [-0.3, -0.25) is 15.0 Å². The number of pyridine rings is 1. The summed E-state index contributed by atoms with van der Waals surface area (Å²) in [5.74, 6) is 0.180. The van der Waals surface area contributed by atoms with Gasteiger partial charge in [0.1, 0.15) is 17.3 Å². The van der Waals surface area contributed by atoms with Crippen molar-refractivity contribution < 1.29 is 9.13 Å². The molecule has 0 amide bonds. The van der Waals surface area contributed by atoms with Gasteiger partial charge in [0.25, 0.3) is 0 Å². The van der Waals surface area contributed by atoms with Crippen LogP contribution in [0.4, 0.5) is 10.1 Å². The van der Waals surface area contributed by atoms with Crippen LogP contribution in [0.2, 0.25) is 0 Å². The van der Waals surface area contributed by atoms with Gasteiger partial charge in [-0.1, -0.05) is 18.2 Å². The normalized spacial score (nSPS) is 18.7. The summed E-state index contributed by atoms with van der Waals surface area (Å²) in [7, 11) is 2.16. The topological polar surface area (TPSA) is 57.3 Å². The first kappa shape index (κ1) is 19.3. The second-order valence-electron chi connectivity index (χ2n) is 8.57. The third kappa shape index (κ3) is 3.20. The van der Waals surface area contributed by atoms with Crippen LogP contribution in [0.15, 0.2) is 54.7 Å². The average Bonchev–Trinajstić information content (AvgIpc) is 3.23. The Kier molecular flexibility index (Phi) is 4.57. The number of fused-ring (bicyclic) bond motifs is 9. The number of aromatic nitrogens is 3. The van der Waals surface area contributed by atoms with Gasteiger partial charge in [-0.05, 0) is 43.8 Å². The van der Waals surface area contributed by atoms with E-state index in [1.165, 1.54) is 11.8 Å². The number of piperazine rings is 1. The van der Waals surface area contributed by atoms with Gasteiger partial charge in [-0.15, -0.1) is 0 Å². The van der Waals surface area contributed by atoms with E-state index in [9.17, 15) is 4.39 Å². The van der Waals surface area contributed by atoms with Crippen molar-refractivity contribution in [3.05, 3.63) is 60.5 Å². The molecule has 1 fully saturated rings. The Bertz CT molecular complexity index is 1300. The van der Waals surface area contributed by atoms with Gasteiger partial charge in [0.15, 0.2) is 0 Å². The summed E-state index contributed by atoms with van der Waals surface area (Å²) in [5.41, 5.74) is 4.81. The van der Waals surface area contributed by atoms with E-state index < -0.39 is 0 Å². The van der Waals surface area contributed by atoms with Crippen LogP contribution in [0.3, 0.4) is 0 Å². The molecule has 6 bridgehead atoms. The van der Waals surface area contributed by atoms with Crippen LogP contribution in [0.5, 0.6) is 5.75 Å². The lowest BCUT2D eigenvalue weighted by molar-refractivity contribution is 0.178. The van der Waals surface area contributed by atoms with Crippen molar-refractivity contribution in [1.82, 2.24) is 20.1 Å². The highest BCUT2D eigenvalue weighted by atomic mass is 19.1. The summed E-state index contributed by atoms with van der Waals surface area (Å²) >= 11 is 0. The average molecular weight is 429 g/mol. The Morgan fingerprint density at radius 1 is 1.12 bits per heavy atom. The Morgan fingerprint density at radius 2 is 2.03 bits per heavy atom. The highest BCUT2D eigenvalue weighted by Crippen LogP contribution is 2.36. The van der Waals surface area contributed by atoms with Crippen LogP contribution < -0.4 is 9.64 Å². The zero-order chi connectivity index (χ0) is 21.7. The number of anilines is 1. The SMILES string of the molecule is CN1CCN2CC1CCOc1cccc(F)c1-c1cc3c(n[nH]c3cn1)-c1cccc2c1. The number of halogens is 1. The Morgan fingerprint density at radius 3 is 2.97 bits per heavy atom. The fourth-order valence-corrected chi connectivity index (χ4v) is 4.79. The number of likely N-dealkylation sites (N-methyl/N-ethyl adjacent to an activating group) is 1. The minimum absolute atomic E-state index is 0.341. The van der Waals surface area contributed by atoms with Gasteiger partial charge < -0.3 is 9.64 Å². The van der Waals surface area contributed by atoms with Gasteiger partial charge in [-0.2, -0.15) is 5.10 Å². The second-order valence-corrected chi connectivity index (χ2v) is 8.57. The number of hydrogen-bond acceptors (Lipinski definition) is 5. The van der Waals surface area contributed by atoms with E-state index in [1.807, 2.05) is 12.1 Å². The zero-order valence-electron chi connectivity index (χ0n) is 17.9. The maximum atomic E-state index is 15.0. The summed E-state index contributed by atoms with van der Waals surface area (Å²) in [5, 5.41) is 8.56. The highest BCUT2D eigenvalue weighted by Gasteiger charge is 2.26. The molecule has 2 aromatic carbocycles. The van der Waals surface area contributed by atoms with E-state index in [0.29, 0.717) is 29.7 Å². The van der Waals surface area contributed by atoms with Crippen LogP contribution in [0.1, 0.15) is 6.42 Å². The molecule has 7 heteroatoms. The summed E-state index contributed by atoms with van der Waals surface area (Å²) in [6.07, 6.45) is 2.57. The van der Waals surface area contributed by atoms with Gasteiger partial charge in [0.2, 0.25) is 0 Å². The molecule has 6 nitrogen and oxygen atoms in total. The molecule has 4 aromatic rings. The van der Waals surface area contributed by atoms with Gasteiger partial charge in [-0.25, -0.2) is 4.39 Å². The van der Waals surface area contributed by atoms with Crippen LogP contribution in [0.25, 0.3) is 33.4 Å². The van der Waals surface area contributed by atoms with E-state index in [-0.39, 0.29) is 5.82 Å². The maximum absolute atomic E-state index is 15.0. The van der Waals surface area contributed by atoms with E-state index >= 15 is 0 Å². The molecular weight excluding hydrogens is 405 g/mol. The molecule has 2 aliphatic heterocycles. The maximum Gasteiger partial charge on any atom is 0.136 e. The van der Waals surface area contributed by atoms with Crippen LogP contribution in [0, 0.1) is 5.82 Å². The lowest BCUT2D eigenvalue weighted by Crippen LogP contribution is -2.52.